The number of hydrogen-bond donors (Lipinski definition) is 1. The van der Waals surface area contributed by atoms with Crippen molar-refractivity contribution >= 4 is 23.8 Å². The van der Waals surface area contributed by atoms with Crippen LogP contribution in [0.3, 0.4) is 0 Å². The van der Waals surface area contributed by atoms with Crippen LogP contribution in [-0.2, 0) is 0 Å². The van der Waals surface area contributed by atoms with E-state index in [1.807, 2.05) is 0 Å². The predicted molar refractivity (Wildman–Crippen MR) is 74.2 cm³/mol. The van der Waals surface area contributed by atoms with Gasteiger partial charge in [0.15, 0.2) is 0 Å². The van der Waals surface area contributed by atoms with Crippen molar-refractivity contribution in [1.82, 2.24) is 30.4 Å². The summed E-state index contributed by atoms with van der Waals surface area (Å²) in [5, 5.41) is 30.2. The predicted octanol–water partition coefficient (Wildman–Crippen LogP) is 1.17. The fourth-order valence-corrected chi connectivity index (χ4v) is 1.88. The van der Waals surface area contributed by atoms with Crippen LogP contribution in [0.1, 0.15) is 11.3 Å². The molecular weight excluding hydrogens is 294 g/mol. The third-order valence-electron chi connectivity index (χ3n) is 2.78. The fraction of sp³-hybridized carbons (Fsp3) is 0.0833. The summed E-state index contributed by atoms with van der Waals surface area (Å²) in [6.07, 6.45) is 1.38. The van der Waals surface area contributed by atoms with E-state index in [2.05, 4.69) is 30.7 Å². The van der Waals surface area contributed by atoms with Crippen LogP contribution in [0.15, 0.2) is 29.3 Å². The number of halogens is 1. The van der Waals surface area contributed by atoms with Crippen molar-refractivity contribution in [3.05, 3.63) is 40.5 Å². The number of benzene rings is 1. The SMILES string of the molecule is Cc1nn(-c2ccc(Cl)cc2)c([O-])c1C=Nc1nn[nH]n1. The number of tetrazole rings is 1. The summed E-state index contributed by atoms with van der Waals surface area (Å²) in [6.45, 7) is 1.73. The Bertz CT molecular complexity index is 777. The topological polar surface area (TPSA) is 108 Å². The van der Waals surface area contributed by atoms with Crippen LogP contribution < -0.4 is 5.11 Å². The van der Waals surface area contributed by atoms with Gasteiger partial charge in [0.1, 0.15) is 0 Å². The molecule has 0 aliphatic heterocycles. The van der Waals surface area contributed by atoms with Crippen LogP contribution in [0.4, 0.5) is 5.95 Å². The molecule has 0 fully saturated rings. The highest BCUT2D eigenvalue weighted by Crippen LogP contribution is 2.22. The molecule has 8 nitrogen and oxygen atoms in total. The molecule has 9 heteroatoms. The Kier molecular flexibility index (Phi) is 3.36. The van der Waals surface area contributed by atoms with E-state index in [4.69, 9.17) is 11.6 Å². The van der Waals surface area contributed by atoms with Gasteiger partial charge in [0.05, 0.1) is 11.4 Å². The van der Waals surface area contributed by atoms with E-state index in [-0.39, 0.29) is 11.8 Å². The lowest BCUT2D eigenvalue weighted by Gasteiger charge is -2.11. The first-order chi connectivity index (χ1) is 10.1. The van der Waals surface area contributed by atoms with Gasteiger partial charge in [0.2, 0.25) is 0 Å². The zero-order valence-corrected chi connectivity index (χ0v) is 11.6. The molecular formula is C12H9ClN7O-. The quantitative estimate of drug-likeness (QED) is 0.731. The van der Waals surface area contributed by atoms with Crippen LogP contribution in [0.25, 0.3) is 5.69 Å². The molecule has 0 amide bonds. The van der Waals surface area contributed by atoms with E-state index in [9.17, 15) is 5.11 Å². The van der Waals surface area contributed by atoms with E-state index in [0.717, 1.165) is 0 Å². The molecule has 0 aliphatic carbocycles. The first-order valence-electron chi connectivity index (χ1n) is 5.95. The van der Waals surface area contributed by atoms with E-state index < -0.39 is 0 Å². The van der Waals surface area contributed by atoms with E-state index in [1.54, 1.807) is 31.2 Å². The molecule has 0 aliphatic rings. The molecule has 0 bridgehead atoms. The summed E-state index contributed by atoms with van der Waals surface area (Å²) in [4.78, 5) is 3.96. The highest BCUT2D eigenvalue weighted by Gasteiger charge is 2.08. The summed E-state index contributed by atoms with van der Waals surface area (Å²) in [7, 11) is 0. The molecule has 1 N–H and O–H groups in total. The van der Waals surface area contributed by atoms with Gasteiger partial charge in [-0.3, -0.25) is 0 Å². The second-order valence-corrected chi connectivity index (χ2v) is 4.60. The van der Waals surface area contributed by atoms with Gasteiger partial charge in [0, 0.05) is 22.7 Å². The number of aliphatic imine (C=N–C) groups is 1. The smallest absolute Gasteiger partial charge is 0.288 e. The average Bonchev–Trinajstić information content (AvgIpc) is 3.07. The zero-order valence-electron chi connectivity index (χ0n) is 10.9. The van der Waals surface area contributed by atoms with Gasteiger partial charge < -0.3 is 5.11 Å². The van der Waals surface area contributed by atoms with E-state index in [0.29, 0.717) is 22.0 Å². The molecule has 0 spiro atoms. The highest BCUT2D eigenvalue weighted by atomic mass is 35.5. The summed E-state index contributed by atoms with van der Waals surface area (Å²) >= 11 is 5.83. The molecule has 0 radical (unpaired) electrons. The summed E-state index contributed by atoms with van der Waals surface area (Å²) in [6, 6.07) is 6.83. The Morgan fingerprint density at radius 2 is 2.10 bits per heavy atom. The molecule has 3 aromatic rings. The first-order valence-corrected chi connectivity index (χ1v) is 6.33. The van der Waals surface area contributed by atoms with Crippen molar-refractivity contribution in [1.29, 1.82) is 0 Å². The van der Waals surface area contributed by atoms with Crippen LogP contribution >= 0.6 is 11.6 Å². The molecule has 2 aromatic heterocycles. The third kappa shape index (κ3) is 2.61. The maximum atomic E-state index is 12.3. The number of aryl methyl sites for hydroxylation is 1. The molecule has 0 atom stereocenters. The Hall–Kier alpha value is -2.74. The minimum Gasteiger partial charge on any atom is -0.858 e. The summed E-state index contributed by atoms with van der Waals surface area (Å²) < 4.78 is 1.29. The van der Waals surface area contributed by atoms with Crippen molar-refractivity contribution in [2.75, 3.05) is 0 Å². The highest BCUT2D eigenvalue weighted by molar-refractivity contribution is 6.30. The largest absolute Gasteiger partial charge is 0.858 e. The summed E-state index contributed by atoms with van der Waals surface area (Å²) in [5.74, 6) is -0.130. The lowest BCUT2D eigenvalue weighted by atomic mass is 10.3. The monoisotopic (exact) mass is 302 g/mol. The number of hydrogen-bond acceptors (Lipinski definition) is 6. The van der Waals surface area contributed by atoms with Crippen molar-refractivity contribution in [2.24, 2.45) is 4.99 Å². The molecule has 2 heterocycles. The number of aromatic nitrogens is 6. The first kappa shape index (κ1) is 13.3. The zero-order chi connectivity index (χ0) is 14.8. The Morgan fingerprint density at radius 3 is 2.76 bits per heavy atom. The van der Waals surface area contributed by atoms with Gasteiger partial charge in [-0.15, -0.1) is 5.10 Å². The van der Waals surface area contributed by atoms with Crippen LogP contribution in [0.5, 0.6) is 5.88 Å². The lowest BCUT2D eigenvalue weighted by molar-refractivity contribution is -0.277. The lowest BCUT2D eigenvalue weighted by Crippen LogP contribution is -2.04. The molecule has 106 valence electrons. The number of H-pyrrole nitrogens is 1. The number of rotatable bonds is 3. The van der Waals surface area contributed by atoms with E-state index >= 15 is 0 Å². The molecule has 0 unspecified atom stereocenters. The van der Waals surface area contributed by atoms with Crippen molar-refractivity contribution in [3.8, 4) is 11.6 Å². The molecule has 0 saturated carbocycles. The standard InChI is InChI=1S/C12H10ClN7O/c1-7-10(6-14-12-15-18-19-16-12)11(21)20(17-7)9-4-2-8(13)3-5-9/h2-6,21H,1H3,(H,15,16,18,19)/p-1. The fourth-order valence-electron chi connectivity index (χ4n) is 1.76. The van der Waals surface area contributed by atoms with Crippen LogP contribution in [0, 0.1) is 6.92 Å². The van der Waals surface area contributed by atoms with Gasteiger partial charge in [-0.25, -0.2) is 9.67 Å². The second-order valence-electron chi connectivity index (χ2n) is 4.16. The molecule has 21 heavy (non-hydrogen) atoms. The Morgan fingerprint density at radius 1 is 1.33 bits per heavy atom. The normalized spacial score (nSPS) is 11.3. The van der Waals surface area contributed by atoms with E-state index in [1.165, 1.54) is 10.9 Å². The van der Waals surface area contributed by atoms with Gasteiger partial charge in [0.25, 0.3) is 5.95 Å². The van der Waals surface area contributed by atoms with Gasteiger partial charge >= 0.3 is 0 Å². The van der Waals surface area contributed by atoms with Crippen LogP contribution in [-0.4, -0.2) is 36.6 Å². The molecule has 3 rings (SSSR count). The van der Waals surface area contributed by atoms with Crippen molar-refractivity contribution in [3.63, 3.8) is 0 Å². The average molecular weight is 303 g/mol. The number of nitrogens with zero attached hydrogens (tertiary/aromatic N) is 6. The van der Waals surface area contributed by atoms with Crippen molar-refractivity contribution in [2.45, 2.75) is 6.92 Å². The Labute approximate surface area is 124 Å². The number of aromatic amines is 1. The van der Waals surface area contributed by atoms with Gasteiger partial charge in [-0.05, 0) is 36.4 Å². The maximum absolute atomic E-state index is 12.3. The summed E-state index contributed by atoms with van der Waals surface area (Å²) in [5.41, 5.74) is 1.56. The minimum atomic E-state index is -0.276. The Balaban J connectivity index is 1.98. The second kappa shape index (κ2) is 5.33. The molecule has 0 saturated heterocycles. The molecule has 1 aromatic carbocycles. The minimum absolute atomic E-state index is 0.146. The van der Waals surface area contributed by atoms with Crippen LogP contribution in [0.2, 0.25) is 5.02 Å². The van der Waals surface area contributed by atoms with Crippen molar-refractivity contribution < 1.29 is 5.11 Å². The maximum Gasteiger partial charge on any atom is 0.288 e. The van der Waals surface area contributed by atoms with Gasteiger partial charge in [-0.1, -0.05) is 16.7 Å². The number of nitrogens with one attached hydrogen (secondary N) is 1. The third-order valence-corrected chi connectivity index (χ3v) is 3.03. The van der Waals surface area contributed by atoms with Gasteiger partial charge in [-0.2, -0.15) is 10.3 Å².